The number of urea groups is 1. The number of fused-ring (bicyclic) bond motifs is 6. The molecule has 1 aliphatic carbocycles. The Bertz CT molecular complexity index is 3940. The van der Waals surface area contributed by atoms with Gasteiger partial charge in [-0.15, -0.1) is 23.2 Å². The number of likely N-dealkylation sites (tertiary alicyclic amines) is 1. The summed E-state index contributed by atoms with van der Waals surface area (Å²) >= 11 is 13.0. The average molecular weight is 1360 g/mol. The topological polar surface area (TPSA) is 359 Å². The molecule has 4 atom stereocenters. The molecular formula is C65H73Cl2N7O17P2. The number of primary amides is 1. The highest BCUT2D eigenvalue weighted by atomic mass is 35.5. The molecule has 3 heterocycles. The quantitative estimate of drug-likeness (QED) is 0.00530. The van der Waals surface area contributed by atoms with Crippen LogP contribution in [0.25, 0.3) is 33.7 Å². The lowest BCUT2D eigenvalue weighted by Gasteiger charge is -2.39. The third-order valence-electron chi connectivity index (χ3n) is 17.5. The summed E-state index contributed by atoms with van der Waals surface area (Å²) in [5.41, 5.74) is 6.86. The number of unbranched alkanes of at least 4 members (excludes halogenated alkanes) is 3. The third-order valence-corrected chi connectivity index (χ3v) is 19.1. The molecule has 5 aromatic carbocycles. The average Bonchev–Trinajstić information content (AvgIpc) is 1.66. The maximum absolute atomic E-state index is 14.3. The van der Waals surface area contributed by atoms with E-state index < -0.39 is 62.6 Å². The number of hydrogen-bond acceptors (Lipinski definition) is 13. The van der Waals surface area contributed by atoms with E-state index >= 15 is 0 Å². The van der Waals surface area contributed by atoms with E-state index in [2.05, 4.69) is 16.0 Å². The number of alkyl halides is 2. The van der Waals surface area contributed by atoms with Gasteiger partial charge in [-0.2, -0.15) is 0 Å². The van der Waals surface area contributed by atoms with Crippen molar-refractivity contribution >= 4 is 143 Å². The summed E-state index contributed by atoms with van der Waals surface area (Å²) in [6.07, 6.45) is 9.33. The third kappa shape index (κ3) is 16.6. The van der Waals surface area contributed by atoms with Crippen LogP contribution in [0.5, 0.6) is 11.5 Å². The molecule has 0 aromatic heterocycles. The Morgan fingerprint density at radius 3 is 1.77 bits per heavy atom. The minimum atomic E-state index is -5.06. The summed E-state index contributed by atoms with van der Waals surface area (Å²) in [5, 5.41) is 10.0. The molecule has 1 unspecified atom stereocenters. The molecule has 4 aliphatic rings. The smallest absolute Gasteiger partial charge is 0.404 e. The lowest BCUT2D eigenvalue weighted by Crippen LogP contribution is -2.47. The van der Waals surface area contributed by atoms with Crippen molar-refractivity contribution in [2.45, 2.75) is 102 Å². The fourth-order valence-electron chi connectivity index (χ4n) is 12.8. The second-order valence-corrected chi connectivity index (χ2v) is 26.8. The highest BCUT2D eigenvalue weighted by Gasteiger charge is 2.50. The number of carbonyl (C=O) groups is 9. The van der Waals surface area contributed by atoms with Gasteiger partial charge in [0.15, 0.2) is 0 Å². The molecule has 24 nitrogen and oxygen atoms in total. The van der Waals surface area contributed by atoms with Gasteiger partial charge >= 0.3 is 21.7 Å². The van der Waals surface area contributed by atoms with Crippen LogP contribution < -0.4 is 40.5 Å². The minimum absolute atomic E-state index is 0.0894. The van der Waals surface area contributed by atoms with E-state index in [9.17, 15) is 71.9 Å². The number of benzene rings is 5. The van der Waals surface area contributed by atoms with Crippen LogP contribution in [-0.4, -0.2) is 122 Å². The lowest BCUT2D eigenvalue weighted by atomic mass is 9.61. The summed E-state index contributed by atoms with van der Waals surface area (Å²) < 4.78 is 34.4. The first-order valence-electron chi connectivity index (χ1n) is 30.7. The van der Waals surface area contributed by atoms with Crippen molar-refractivity contribution in [1.29, 1.82) is 0 Å². The Hall–Kier alpha value is -7.79. The SMILES string of the molecule is CC1CC(=O)N(CCCCCCC(=O)C2(C(=O)C[C@@H](CCCNC(N)=O)C(=O)NCCC(=O)Nc3cc(/C=C/C(=O)N4C[C@@H](CCl)c5c4cc(OP(=O)(O)O)c4ccccc54)ccc3/C=C/C(=O)N3C[C@@H](CCl)c4c3cc(OP(=O)(O)O)c3ccccc43)CCC2)C1=O. The molecule has 3 aliphatic heterocycles. The van der Waals surface area contributed by atoms with Gasteiger partial charge in [0.25, 0.3) is 11.8 Å². The Morgan fingerprint density at radius 2 is 1.26 bits per heavy atom. The monoisotopic (exact) mass is 1360 g/mol. The molecule has 9 rings (SSSR count). The number of halogens is 2. The molecule has 1 saturated heterocycles. The number of imide groups is 1. The van der Waals surface area contributed by atoms with E-state index in [1.165, 1.54) is 57.2 Å². The fraction of sp³-hybridized carbons (Fsp3) is 0.400. The van der Waals surface area contributed by atoms with E-state index in [0.717, 1.165) is 0 Å². The highest BCUT2D eigenvalue weighted by molar-refractivity contribution is 7.47. The fourth-order valence-corrected chi connectivity index (χ4v) is 14.1. The predicted octanol–water partition coefficient (Wildman–Crippen LogP) is 9.25. The summed E-state index contributed by atoms with van der Waals surface area (Å²) in [7, 11) is -10.1. The number of nitrogens with zero attached hydrogens (tertiary/aromatic N) is 3. The first-order valence-corrected chi connectivity index (χ1v) is 34.8. The number of hydrogen-bond donors (Lipinski definition) is 8. The molecule has 28 heteroatoms. The van der Waals surface area contributed by atoms with Crippen LogP contribution in [0.1, 0.15) is 124 Å². The number of carbonyl (C=O) groups excluding carboxylic acids is 9. The number of nitrogens with two attached hydrogens (primary N) is 1. The molecular weight excluding hydrogens is 1280 g/mol. The van der Waals surface area contributed by atoms with Gasteiger partial charge in [-0.3, -0.25) is 62.8 Å². The summed E-state index contributed by atoms with van der Waals surface area (Å²) in [4.78, 5) is 164. The molecule has 494 valence electrons. The zero-order valence-electron chi connectivity index (χ0n) is 50.9. The highest BCUT2D eigenvalue weighted by Crippen LogP contribution is 2.51. The predicted molar refractivity (Wildman–Crippen MR) is 350 cm³/mol. The number of Topliss-reactive ketones (excluding diaryl/α,β-unsaturated/α-hetero) is 2. The second-order valence-electron chi connectivity index (χ2n) is 23.8. The van der Waals surface area contributed by atoms with Crippen molar-refractivity contribution in [2.24, 2.45) is 23.0 Å². The van der Waals surface area contributed by atoms with Gasteiger partial charge in [0, 0.05) is 135 Å². The van der Waals surface area contributed by atoms with Crippen molar-refractivity contribution in [3.05, 3.63) is 113 Å². The van der Waals surface area contributed by atoms with E-state index in [1.807, 2.05) is 0 Å². The van der Waals surface area contributed by atoms with Crippen molar-refractivity contribution in [3.63, 3.8) is 0 Å². The van der Waals surface area contributed by atoms with Gasteiger partial charge < -0.3 is 40.5 Å². The van der Waals surface area contributed by atoms with Crippen LogP contribution >= 0.6 is 38.8 Å². The van der Waals surface area contributed by atoms with Gasteiger partial charge in [-0.25, -0.2) is 13.9 Å². The number of amides is 8. The first kappa shape index (κ1) is 69.5. The van der Waals surface area contributed by atoms with Crippen molar-refractivity contribution in [1.82, 2.24) is 15.5 Å². The van der Waals surface area contributed by atoms with Crippen LogP contribution in [-0.2, 0) is 47.5 Å². The number of phosphoric acid groups is 2. The molecule has 5 aromatic rings. The Balaban J connectivity index is 0.919. The van der Waals surface area contributed by atoms with Gasteiger partial charge in [0.1, 0.15) is 23.1 Å². The van der Waals surface area contributed by atoms with Gasteiger partial charge in [0.2, 0.25) is 23.6 Å². The van der Waals surface area contributed by atoms with Crippen molar-refractivity contribution in [3.8, 4) is 11.5 Å². The summed E-state index contributed by atoms with van der Waals surface area (Å²) in [6, 6.07) is 20.3. The molecule has 0 radical (unpaired) electrons. The Morgan fingerprint density at radius 1 is 0.699 bits per heavy atom. The largest absolute Gasteiger partial charge is 0.524 e. The molecule has 93 heavy (non-hydrogen) atoms. The standard InChI is InChI=1S/C65H73Cl2N7O17P2/c1-39-30-59(80)72(63(39)82)29-9-3-2-4-17-54(75)65(25-11-26-65)55(76)32-42(12-10-27-70-64(68)83)62(81)69-28-24-56(77)71-49-31-40(19-22-57(78)73-37-43(35-66)60-47-15-7-5-13-45(47)52(33-50(60)73)90-92(84,85)86)18-20-41(49)21-23-58(79)74-38-44(36-67)61-48-16-8-6-14-46(48)53(34-51(61)74)91-93(87,88)89/h5-8,13-16,18-23,31,33-34,39,42-44H,2-4,9-12,17,24-30,32,35-38H2,1H3,(H,69,81)(H,71,77)(H3,68,70,83)(H2,84,85,86)(H2,87,88,89)/b22-19+,23-21+/t39?,42-,43-,44-/m1/s1. The number of ketones is 2. The molecule has 8 amide bonds. The van der Waals surface area contributed by atoms with Gasteiger partial charge in [0.05, 0.1) is 16.8 Å². The van der Waals surface area contributed by atoms with E-state index in [0.29, 0.717) is 107 Å². The Kier molecular flexibility index (Phi) is 22.5. The van der Waals surface area contributed by atoms with Gasteiger partial charge in [-0.1, -0.05) is 86.8 Å². The summed E-state index contributed by atoms with van der Waals surface area (Å²) in [5.74, 6) is -5.36. The lowest BCUT2D eigenvalue weighted by molar-refractivity contribution is -0.149. The van der Waals surface area contributed by atoms with E-state index in [1.54, 1.807) is 67.6 Å². The second kappa shape index (κ2) is 30.1. The molecule has 1 saturated carbocycles. The summed E-state index contributed by atoms with van der Waals surface area (Å²) in [6.45, 7) is 2.14. The number of phosphoric ester groups is 2. The first-order chi connectivity index (χ1) is 44.3. The molecule has 2 fully saturated rings. The molecule has 0 bridgehead atoms. The van der Waals surface area contributed by atoms with Gasteiger partial charge in [-0.05, 0) is 89.8 Å². The minimum Gasteiger partial charge on any atom is -0.404 e. The number of anilines is 3. The van der Waals surface area contributed by atoms with E-state index in [4.69, 9.17) is 38.0 Å². The van der Waals surface area contributed by atoms with Crippen molar-refractivity contribution < 1.29 is 80.9 Å². The van der Waals surface area contributed by atoms with E-state index in [-0.39, 0.29) is 129 Å². The maximum Gasteiger partial charge on any atom is 0.524 e. The zero-order chi connectivity index (χ0) is 66.9. The van der Waals surface area contributed by atoms with Crippen LogP contribution in [0.4, 0.5) is 21.9 Å². The van der Waals surface area contributed by atoms with Crippen LogP contribution in [0.3, 0.4) is 0 Å². The van der Waals surface area contributed by atoms with Crippen molar-refractivity contribution in [2.75, 3.05) is 59.6 Å². The van der Waals surface area contributed by atoms with Crippen LogP contribution in [0.15, 0.2) is 91.0 Å². The number of rotatable bonds is 30. The van der Waals surface area contributed by atoms with Crippen LogP contribution in [0.2, 0.25) is 0 Å². The molecule has 9 N–H and O–H groups in total. The molecule has 0 spiro atoms. The Labute approximate surface area is 546 Å². The number of nitrogens with one attached hydrogen (secondary N) is 3. The zero-order valence-corrected chi connectivity index (χ0v) is 54.2. The normalized spacial score (nSPS) is 18.0. The maximum atomic E-state index is 14.3. The van der Waals surface area contributed by atoms with Crippen LogP contribution in [0, 0.1) is 17.3 Å².